The first kappa shape index (κ1) is 19.2. The van der Waals surface area contributed by atoms with Gasteiger partial charge in [-0.05, 0) is 72.1 Å². The molecule has 0 unspecified atom stereocenters. The molecule has 154 valence electrons. The van der Waals surface area contributed by atoms with Gasteiger partial charge in [0.15, 0.2) is 5.82 Å². The van der Waals surface area contributed by atoms with Crippen LogP contribution in [0.4, 0.5) is 4.39 Å². The SMILES string of the molecule is N#Cc1ccc2cc3c(=O)[nH]c(=O)nc-3n(-c3ccc(Oc4ccc(F)cc4)cc3)c2c1. The standard InChI is InChI=1S/C24H13FN4O3/c25-16-3-7-18(8-4-16)32-19-9-5-17(6-10-19)29-21-11-14(13-26)1-2-15(21)12-20-22(29)27-24(31)28-23(20)30/h1-12H,(H,28,30,31). The molecule has 0 atom stereocenters. The fourth-order valence-corrected chi connectivity index (χ4v) is 3.51. The van der Waals surface area contributed by atoms with Crippen molar-refractivity contribution in [1.82, 2.24) is 14.5 Å². The molecule has 5 rings (SSSR count). The van der Waals surface area contributed by atoms with Gasteiger partial charge in [0.25, 0.3) is 5.56 Å². The van der Waals surface area contributed by atoms with Crippen molar-refractivity contribution in [1.29, 1.82) is 5.26 Å². The summed E-state index contributed by atoms with van der Waals surface area (Å²) in [5.41, 5.74) is 0.586. The predicted octanol–water partition coefficient (Wildman–Crippen LogP) is 3.98. The second-order valence-electron chi connectivity index (χ2n) is 7.02. The van der Waals surface area contributed by atoms with Crippen LogP contribution in [0.15, 0.2) is 82.4 Å². The van der Waals surface area contributed by atoms with Crippen LogP contribution in [-0.4, -0.2) is 14.5 Å². The summed E-state index contributed by atoms with van der Waals surface area (Å²) in [7, 11) is 0. The number of nitriles is 1. The predicted molar refractivity (Wildman–Crippen MR) is 116 cm³/mol. The minimum absolute atomic E-state index is 0.175. The lowest BCUT2D eigenvalue weighted by Gasteiger charge is -2.18. The number of H-pyrrole nitrogens is 1. The number of pyridine rings is 1. The number of rotatable bonds is 3. The number of nitrogens with one attached hydrogen (secondary N) is 1. The first-order valence-corrected chi connectivity index (χ1v) is 9.56. The maximum absolute atomic E-state index is 13.1. The number of fused-ring (bicyclic) bond motifs is 2. The number of benzene rings is 3. The van der Waals surface area contributed by atoms with Gasteiger partial charge in [0.1, 0.15) is 17.3 Å². The van der Waals surface area contributed by atoms with Gasteiger partial charge in [-0.2, -0.15) is 10.2 Å². The highest BCUT2D eigenvalue weighted by Crippen LogP contribution is 2.30. The highest BCUT2D eigenvalue weighted by Gasteiger charge is 2.18. The Kier molecular flexibility index (Phi) is 4.49. The summed E-state index contributed by atoms with van der Waals surface area (Å²) in [6, 6.07) is 21.3. The molecule has 1 N–H and O–H groups in total. The van der Waals surface area contributed by atoms with E-state index in [-0.39, 0.29) is 17.2 Å². The van der Waals surface area contributed by atoms with Gasteiger partial charge in [-0.15, -0.1) is 0 Å². The zero-order valence-corrected chi connectivity index (χ0v) is 16.4. The first-order chi connectivity index (χ1) is 15.5. The third-order valence-corrected chi connectivity index (χ3v) is 4.97. The molecule has 2 aliphatic heterocycles. The molecule has 0 aliphatic carbocycles. The van der Waals surface area contributed by atoms with E-state index in [9.17, 15) is 19.2 Å². The first-order valence-electron chi connectivity index (χ1n) is 9.56. The number of ether oxygens (including phenoxy) is 1. The largest absolute Gasteiger partial charge is 0.457 e. The van der Waals surface area contributed by atoms with Crippen molar-refractivity contribution < 1.29 is 9.13 Å². The van der Waals surface area contributed by atoms with E-state index in [1.807, 2.05) is 0 Å². The van der Waals surface area contributed by atoms with E-state index in [0.29, 0.717) is 33.7 Å². The Morgan fingerprint density at radius 2 is 1.62 bits per heavy atom. The lowest BCUT2D eigenvalue weighted by atomic mass is 10.1. The molecule has 0 fully saturated rings. The van der Waals surface area contributed by atoms with Crippen molar-refractivity contribution >= 4 is 10.9 Å². The Hall–Kier alpha value is -4.77. The van der Waals surface area contributed by atoms with Crippen LogP contribution in [-0.2, 0) is 0 Å². The van der Waals surface area contributed by atoms with Crippen molar-refractivity contribution in [3.63, 3.8) is 0 Å². The van der Waals surface area contributed by atoms with E-state index >= 15 is 0 Å². The molecule has 2 heterocycles. The van der Waals surface area contributed by atoms with E-state index in [0.717, 1.165) is 0 Å². The van der Waals surface area contributed by atoms with Crippen LogP contribution < -0.4 is 16.0 Å². The number of nitrogens with zero attached hydrogens (tertiary/aromatic N) is 3. The molecule has 0 saturated carbocycles. The third kappa shape index (κ3) is 3.38. The number of aromatic nitrogens is 3. The molecule has 7 nitrogen and oxygen atoms in total. The molecule has 0 aromatic heterocycles. The second kappa shape index (κ2) is 7.49. The van der Waals surface area contributed by atoms with E-state index in [2.05, 4.69) is 16.0 Å². The minimum Gasteiger partial charge on any atom is -0.457 e. The van der Waals surface area contributed by atoms with E-state index in [1.54, 1.807) is 53.1 Å². The molecular weight excluding hydrogens is 411 g/mol. The van der Waals surface area contributed by atoms with Gasteiger partial charge < -0.3 is 4.74 Å². The monoisotopic (exact) mass is 424 g/mol. The number of hydrogen-bond donors (Lipinski definition) is 1. The fourth-order valence-electron chi connectivity index (χ4n) is 3.51. The molecule has 0 radical (unpaired) electrons. The van der Waals surface area contributed by atoms with Crippen LogP contribution in [0.2, 0.25) is 0 Å². The zero-order valence-electron chi connectivity index (χ0n) is 16.4. The molecule has 32 heavy (non-hydrogen) atoms. The van der Waals surface area contributed by atoms with Crippen LogP contribution in [0.1, 0.15) is 5.56 Å². The van der Waals surface area contributed by atoms with Crippen molar-refractivity contribution in [3.8, 4) is 34.6 Å². The molecule has 2 aliphatic rings. The van der Waals surface area contributed by atoms with Crippen LogP contribution in [0.5, 0.6) is 11.5 Å². The molecule has 8 heteroatoms. The summed E-state index contributed by atoms with van der Waals surface area (Å²) in [5, 5.41) is 10.0. The summed E-state index contributed by atoms with van der Waals surface area (Å²) in [6.45, 7) is 0. The normalized spacial score (nSPS) is 10.9. The summed E-state index contributed by atoms with van der Waals surface area (Å²) in [6.07, 6.45) is 0. The Morgan fingerprint density at radius 3 is 2.31 bits per heavy atom. The van der Waals surface area contributed by atoms with E-state index in [1.165, 1.54) is 24.3 Å². The van der Waals surface area contributed by atoms with Gasteiger partial charge >= 0.3 is 5.69 Å². The van der Waals surface area contributed by atoms with Crippen molar-refractivity contribution in [2.75, 3.05) is 0 Å². The van der Waals surface area contributed by atoms with Gasteiger partial charge in [0.05, 0.1) is 22.7 Å². The quantitative estimate of drug-likeness (QED) is 0.442. The van der Waals surface area contributed by atoms with Crippen molar-refractivity contribution in [2.45, 2.75) is 0 Å². The highest BCUT2D eigenvalue weighted by atomic mass is 19.1. The zero-order chi connectivity index (χ0) is 22.2. The second-order valence-corrected chi connectivity index (χ2v) is 7.02. The maximum atomic E-state index is 13.1. The summed E-state index contributed by atoms with van der Waals surface area (Å²) < 4.78 is 20.5. The van der Waals surface area contributed by atoms with Crippen LogP contribution in [0, 0.1) is 17.1 Å². The van der Waals surface area contributed by atoms with Crippen molar-refractivity contribution in [2.24, 2.45) is 0 Å². The minimum atomic E-state index is -0.761. The van der Waals surface area contributed by atoms with Crippen molar-refractivity contribution in [3.05, 3.63) is 105 Å². The molecular formula is C24H13FN4O3. The molecule has 0 saturated heterocycles. The molecule has 3 aromatic rings. The Bertz CT molecular complexity index is 1600. The average Bonchev–Trinajstić information content (AvgIpc) is 2.80. The molecule has 3 aromatic carbocycles. The Morgan fingerprint density at radius 1 is 0.938 bits per heavy atom. The van der Waals surface area contributed by atoms with Crippen LogP contribution >= 0.6 is 0 Å². The van der Waals surface area contributed by atoms with Gasteiger partial charge in [-0.1, -0.05) is 6.07 Å². The lowest BCUT2D eigenvalue weighted by molar-refractivity contribution is 0.480. The summed E-state index contributed by atoms with van der Waals surface area (Å²) >= 11 is 0. The highest BCUT2D eigenvalue weighted by molar-refractivity contribution is 5.88. The number of aromatic amines is 1. The van der Waals surface area contributed by atoms with E-state index in [4.69, 9.17) is 4.74 Å². The molecule has 0 spiro atoms. The maximum Gasteiger partial charge on any atom is 0.349 e. The van der Waals surface area contributed by atoms with Gasteiger partial charge in [-0.25, -0.2) is 9.18 Å². The average molecular weight is 424 g/mol. The van der Waals surface area contributed by atoms with Gasteiger partial charge in [0, 0.05) is 5.69 Å². The summed E-state index contributed by atoms with van der Waals surface area (Å²) in [4.78, 5) is 30.6. The van der Waals surface area contributed by atoms with Gasteiger partial charge in [0.2, 0.25) is 0 Å². The van der Waals surface area contributed by atoms with Crippen LogP contribution in [0.3, 0.4) is 0 Å². The van der Waals surface area contributed by atoms with Gasteiger partial charge in [-0.3, -0.25) is 14.3 Å². The smallest absolute Gasteiger partial charge is 0.349 e. The topological polar surface area (TPSA) is 101 Å². The molecule has 0 amide bonds. The molecule has 0 bridgehead atoms. The lowest BCUT2D eigenvalue weighted by Crippen LogP contribution is -2.27. The third-order valence-electron chi connectivity index (χ3n) is 4.97. The number of halogens is 1. The fraction of sp³-hybridized carbons (Fsp3) is 0. The van der Waals surface area contributed by atoms with E-state index < -0.39 is 11.2 Å². The Balaban J connectivity index is 1.69. The van der Waals surface area contributed by atoms with Crippen LogP contribution in [0.25, 0.3) is 28.0 Å². The summed E-state index contributed by atoms with van der Waals surface area (Å²) in [5.74, 6) is 0.807. The number of hydrogen-bond acceptors (Lipinski definition) is 5. The Labute approximate surface area is 179 Å².